The molecule has 1 atom stereocenters. The summed E-state index contributed by atoms with van der Waals surface area (Å²) in [4.78, 5) is 43.6. The molecule has 3 aromatic carbocycles. The number of carbonyl (C=O) groups excluding carboxylic acids is 2. The van der Waals surface area contributed by atoms with Gasteiger partial charge in [0.05, 0.1) is 17.3 Å². The SMILES string of the molecule is O=C(CCc1nc2ccccc2c(=O)n1C1CC1)OC(C(=O)Nc1ccc(F)cc1)c1ccccc1. The zero-order valence-electron chi connectivity index (χ0n) is 19.4. The number of hydrogen-bond acceptors (Lipinski definition) is 5. The van der Waals surface area contributed by atoms with Crippen molar-refractivity contribution >= 4 is 28.5 Å². The van der Waals surface area contributed by atoms with Crippen molar-refractivity contribution in [3.05, 3.63) is 106 Å². The van der Waals surface area contributed by atoms with Crippen LogP contribution in [-0.4, -0.2) is 21.4 Å². The number of nitrogens with zero attached hydrogens (tertiary/aromatic N) is 2. The van der Waals surface area contributed by atoms with Gasteiger partial charge in [0.25, 0.3) is 11.5 Å². The van der Waals surface area contributed by atoms with Crippen LogP contribution in [0.1, 0.15) is 42.8 Å². The molecule has 1 aliphatic rings. The highest BCUT2D eigenvalue weighted by molar-refractivity contribution is 5.96. The molecule has 1 fully saturated rings. The lowest BCUT2D eigenvalue weighted by atomic mass is 10.1. The van der Waals surface area contributed by atoms with Gasteiger partial charge in [0.1, 0.15) is 11.6 Å². The first-order valence-corrected chi connectivity index (χ1v) is 11.8. The van der Waals surface area contributed by atoms with Gasteiger partial charge in [0.15, 0.2) is 0 Å². The van der Waals surface area contributed by atoms with Gasteiger partial charge in [-0.05, 0) is 49.2 Å². The van der Waals surface area contributed by atoms with Crippen molar-refractivity contribution < 1.29 is 18.7 Å². The summed E-state index contributed by atoms with van der Waals surface area (Å²) in [7, 11) is 0. The van der Waals surface area contributed by atoms with E-state index in [-0.39, 0.29) is 24.4 Å². The molecule has 7 nitrogen and oxygen atoms in total. The van der Waals surface area contributed by atoms with Crippen molar-refractivity contribution in [2.75, 3.05) is 5.32 Å². The zero-order chi connectivity index (χ0) is 25.1. The zero-order valence-corrected chi connectivity index (χ0v) is 19.4. The van der Waals surface area contributed by atoms with Gasteiger partial charge in [0, 0.05) is 23.7 Å². The summed E-state index contributed by atoms with van der Waals surface area (Å²) in [5.41, 5.74) is 1.37. The Balaban J connectivity index is 1.34. The third-order valence-corrected chi connectivity index (χ3v) is 6.05. The molecular formula is C28H24FN3O4. The highest BCUT2D eigenvalue weighted by atomic mass is 19.1. The summed E-state index contributed by atoms with van der Waals surface area (Å²) >= 11 is 0. The van der Waals surface area contributed by atoms with E-state index in [9.17, 15) is 18.8 Å². The summed E-state index contributed by atoms with van der Waals surface area (Å²) < 4.78 is 20.5. The molecule has 1 amide bonds. The number of fused-ring (bicyclic) bond motifs is 1. The molecule has 0 radical (unpaired) electrons. The van der Waals surface area contributed by atoms with Crippen molar-refractivity contribution in [3.63, 3.8) is 0 Å². The Morgan fingerprint density at radius 2 is 1.69 bits per heavy atom. The number of carbonyl (C=O) groups is 2. The van der Waals surface area contributed by atoms with E-state index in [1.54, 1.807) is 53.1 Å². The molecule has 1 heterocycles. The Bertz CT molecular complexity index is 1460. The molecule has 8 heteroatoms. The fraction of sp³-hybridized carbons (Fsp3) is 0.214. The van der Waals surface area contributed by atoms with Gasteiger partial charge in [-0.15, -0.1) is 0 Å². The molecule has 4 aromatic rings. The molecule has 182 valence electrons. The van der Waals surface area contributed by atoms with Crippen LogP contribution in [0.3, 0.4) is 0 Å². The second kappa shape index (κ2) is 10.1. The molecule has 0 saturated heterocycles. The van der Waals surface area contributed by atoms with E-state index in [0.29, 0.717) is 28.0 Å². The second-order valence-electron chi connectivity index (χ2n) is 8.73. The molecule has 1 N–H and O–H groups in total. The van der Waals surface area contributed by atoms with Crippen LogP contribution < -0.4 is 10.9 Å². The molecule has 36 heavy (non-hydrogen) atoms. The molecule has 1 saturated carbocycles. The minimum absolute atomic E-state index is 0.0509. The number of amides is 1. The number of aromatic nitrogens is 2. The van der Waals surface area contributed by atoms with Crippen molar-refractivity contribution in [1.82, 2.24) is 9.55 Å². The van der Waals surface area contributed by atoms with Gasteiger partial charge in [-0.25, -0.2) is 9.37 Å². The van der Waals surface area contributed by atoms with Gasteiger partial charge in [-0.3, -0.25) is 19.0 Å². The van der Waals surface area contributed by atoms with Crippen LogP contribution in [0.25, 0.3) is 10.9 Å². The van der Waals surface area contributed by atoms with Crippen molar-refractivity contribution in [2.24, 2.45) is 0 Å². The fourth-order valence-electron chi connectivity index (χ4n) is 4.12. The summed E-state index contributed by atoms with van der Waals surface area (Å²) in [6.07, 6.45) is 0.758. The fourth-order valence-corrected chi connectivity index (χ4v) is 4.12. The Morgan fingerprint density at radius 1 is 1.00 bits per heavy atom. The Labute approximate surface area is 206 Å². The maximum Gasteiger partial charge on any atom is 0.307 e. The van der Waals surface area contributed by atoms with E-state index in [1.807, 2.05) is 6.07 Å². The lowest BCUT2D eigenvalue weighted by Crippen LogP contribution is -2.27. The number of ether oxygens (including phenoxy) is 1. The predicted octanol–water partition coefficient (Wildman–Crippen LogP) is 4.73. The van der Waals surface area contributed by atoms with Crippen LogP contribution in [0.15, 0.2) is 83.7 Å². The van der Waals surface area contributed by atoms with Gasteiger partial charge in [-0.2, -0.15) is 0 Å². The Kier molecular flexibility index (Phi) is 6.58. The van der Waals surface area contributed by atoms with Crippen LogP contribution >= 0.6 is 0 Å². The lowest BCUT2D eigenvalue weighted by Gasteiger charge is -2.18. The highest BCUT2D eigenvalue weighted by Gasteiger charge is 2.29. The number of anilines is 1. The minimum Gasteiger partial charge on any atom is -0.447 e. The predicted molar refractivity (Wildman–Crippen MR) is 133 cm³/mol. The van der Waals surface area contributed by atoms with Crippen molar-refractivity contribution in [1.29, 1.82) is 0 Å². The quantitative estimate of drug-likeness (QED) is 0.365. The minimum atomic E-state index is -1.20. The first-order chi connectivity index (χ1) is 17.5. The monoisotopic (exact) mass is 485 g/mol. The van der Waals surface area contributed by atoms with Crippen LogP contribution in [0.2, 0.25) is 0 Å². The molecule has 1 aromatic heterocycles. The number of hydrogen-bond donors (Lipinski definition) is 1. The molecule has 1 aliphatic carbocycles. The van der Waals surface area contributed by atoms with Crippen LogP contribution in [0, 0.1) is 5.82 Å². The first kappa shape index (κ1) is 23.4. The van der Waals surface area contributed by atoms with Gasteiger partial charge < -0.3 is 10.1 Å². The molecule has 0 aliphatic heterocycles. The smallest absolute Gasteiger partial charge is 0.307 e. The Hall–Kier alpha value is -4.33. The topological polar surface area (TPSA) is 90.3 Å². The van der Waals surface area contributed by atoms with Crippen LogP contribution in [0.5, 0.6) is 0 Å². The van der Waals surface area contributed by atoms with Crippen LogP contribution in [-0.2, 0) is 20.7 Å². The maximum atomic E-state index is 13.2. The third-order valence-electron chi connectivity index (χ3n) is 6.05. The number of para-hydroxylation sites is 1. The summed E-state index contributed by atoms with van der Waals surface area (Å²) in [5, 5.41) is 3.22. The van der Waals surface area contributed by atoms with Crippen molar-refractivity contribution in [2.45, 2.75) is 37.8 Å². The van der Waals surface area contributed by atoms with Crippen molar-refractivity contribution in [3.8, 4) is 0 Å². The Morgan fingerprint density at radius 3 is 2.42 bits per heavy atom. The summed E-state index contributed by atoms with van der Waals surface area (Å²) in [6.45, 7) is 0. The number of aryl methyl sites for hydroxylation is 1. The second-order valence-corrected chi connectivity index (χ2v) is 8.73. The summed E-state index contributed by atoms with van der Waals surface area (Å²) in [5.74, 6) is -1.04. The number of nitrogens with one attached hydrogen (secondary N) is 1. The average molecular weight is 486 g/mol. The highest BCUT2D eigenvalue weighted by Crippen LogP contribution is 2.35. The molecule has 1 unspecified atom stereocenters. The standard InChI is InChI=1S/C28H24FN3O4/c29-19-10-12-20(13-11-19)30-27(34)26(18-6-2-1-3-7-18)36-25(33)17-16-24-31-23-9-5-4-8-22(23)28(35)32(24)21-14-15-21/h1-13,21,26H,14-17H2,(H,30,34). The number of esters is 1. The van der Waals surface area contributed by atoms with E-state index in [0.717, 1.165) is 12.8 Å². The maximum absolute atomic E-state index is 13.2. The molecular weight excluding hydrogens is 461 g/mol. The van der Waals surface area contributed by atoms with Gasteiger partial charge in [-0.1, -0.05) is 42.5 Å². The first-order valence-electron chi connectivity index (χ1n) is 11.8. The van der Waals surface area contributed by atoms with E-state index in [2.05, 4.69) is 10.3 Å². The van der Waals surface area contributed by atoms with E-state index >= 15 is 0 Å². The van der Waals surface area contributed by atoms with E-state index in [1.165, 1.54) is 24.3 Å². The normalized spacial score (nSPS) is 13.8. The number of halogens is 1. The van der Waals surface area contributed by atoms with E-state index in [4.69, 9.17) is 4.74 Å². The van der Waals surface area contributed by atoms with Gasteiger partial charge >= 0.3 is 5.97 Å². The van der Waals surface area contributed by atoms with E-state index < -0.39 is 23.8 Å². The average Bonchev–Trinajstić information content (AvgIpc) is 3.73. The molecule has 0 bridgehead atoms. The van der Waals surface area contributed by atoms with Gasteiger partial charge in [0.2, 0.25) is 6.10 Å². The number of benzene rings is 3. The molecule has 5 rings (SSSR count). The molecule has 0 spiro atoms. The van der Waals surface area contributed by atoms with Crippen LogP contribution in [0.4, 0.5) is 10.1 Å². The number of rotatable bonds is 8. The third kappa shape index (κ3) is 5.17. The largest absolute Gasteiger partial charge is 0.447 e. The lowest BCUT2D eigenvalue weighted by molar-refractivity contribution is -0.154. The summed E-state index contributed by atoms with van der Waals surface area (Å²) in [6, 6.07) is 21.2.